The molecule has 0 spiro atoms. The molecule has 0 radical (unpaired) electrons. The number of nitrogens with one attached hydrogen (secondary N) is 1. The van der Waals surface area contributed by atoms with Crippen molar-refractivity contribution in [3.05, 3.63) is 119 Å². The minimum atomic E-state index is -4.44. The normalized spacial score (nSPS) is 12.6. The largest absolute Gasteiger partial charge is 0.455 e. The Kier molecular flexibility index (Phi) is 7.37. The van der Waals surface area contributed by atoms with Crippen molar-refractivity contribution >= 4 is 5.91 Å². The van der Waals surface area contributed by atoms with Crippen LogP contribution in [0.15, 0.2) is 89.3 Å². The van der Waals surface area contributed by atoms with Gasteiger partial charge in [0.25, 0.3) is 5.91 Å². The van der Waals surface area contributed by atoms with Crippen LogP contribution in [0.25, 0.3) is 0 Å². The Labute approximate surface area is 217 Å². The van der Waals surface area contributed by atoms with Gasteiger partial charge in [0.2, 0.25) is 6.79 Å². The molecular weight excluding hydrogens is 497 g/mol. The molecular formula is C29H25F3N2O4. The Bertz CT molecular complexity index is 1400. The van der Waals surface area contributed by atoms with Crippen molar-refractivity contribution in [3.63, 3.8) is 0 Å². The maximum atomic E-state index is 13.0. The number of hydrogen-bond donors (Lipinski definition) is 1. The van der Waals surface area contributed by atoms with Gasteiger partial charge in [0.1, 0.15) is 5.76 Å². The van der Waals surface area contributed by atoms with Crippen molar-refractivity contribution < 1.29 is 31.9 Å². The average Bonchev–Trinajstić information content (AvgIpc) is 3.57. The number of halogens is 3. The molecule has 3 aromatic carbocycles. The topological polar surface area (TPSA) is 63.9 Å². The van der Waals surface area contributed by atoms with Gasteiger partial charge in [-0.05, 0) is 53.1 Å². The standard InChI is InChI=1S/C29H25F3N2O4/c30-29(31,32)23-8-4-7-21(13-23)15-33-28(35)26-12-10-24(38-26)18-34(16-20-5-2-1-3-6-20)17-22-9-11-25-27(14-22)37-19-36-25/h1-14H,15-19H2,(H,33,35). The number of rotatable bonds is 9. The number of nitrogens with zero attached hydrogens (tertiary/aromatic N) is 1. The van der Waals surface area contributed by atoms with Gasteiger partial charge in [0, 0.05) is 19.6 Å². The van der Waals surface area contributed by atoms with E-state index in [2.05, 4.69) is 10.2 Å². The second kappa shape index (κ2) is 11.0. The fourth-order valence-electron chi connectivity index (χ4n) is 4.24. The number of benzene rings is 3. The highest BCUT2D eigenvalue weighted by molar-refractivity contribution is 5.91. The van der Waals surface area contributed by atoms with Gasteiger partial charge in [-0.1, -0.05) is 48.5 Å². The number of alkyl halides is 3. The molecule has 4 aromatic rings. The summed E-state index contributed by atoms with van der Waals surface area (Å²) >= 11 is 0. The van der Waals surface area contributed by atoms with Crippen LogP contribution < -0.4 is 14.8 Å². The molecule has 196 valence electrons. The summed E-state index contributed by atoms with van der Waals surface area (Å²) in [7, 11) is 0. The lowest BCUT2D eigenvalue weighted by Crippen LogP contribution is -2.23. The second-order valence-electron chi connectivity index (χ2n) is 8.97. The van der Waals surface area contributed by atoms with Gasteiger partial charge in [-0.25, -0.2) is 0 Å². The fourth-order valence-corrected chi connectivity index (χ4v) is 4.24. The van der Waals surface area contributed by atoms with E-state index in [1.807, 2.05) is 48.5 Å². The van der Waals surface area contributed by atoms with E-state index in [9.17, 15) is 18.0 Å². The number of hydrogen-bond acceptors (Lipinski definition) is 5. The van der Waals surface area contributed by atoms with Crippen LogP contribution in [0.4, 0.5) is 13.2 Å². The highest BCUT2D eigenvalue weighted by Crippen LogP contribution is 2.33. The number of carbonyl (C=O) groups excluding carboxylic acids is 1. The molecule has 2 heterocycles. The van der Waals surface area contributed by atoms with Crippen LogP contribution in [0.2, 0.25) is 0 Å². The third-order valence-electron chi connectivity index (χ3n) is 6.06. The van der Waals surface area contributed by atoms with Crippen molar-refractivity contribution in [2.75, 3.05) is 6.79 Å². The predicted octanol–water partition coefficient (Wildman–Crippen LogP) is 6.16. The van der Waals surface area contributed by atoms with Crippen LogP contribution in [-0.2, 0) is 32.4 Å². The molecule has 1 amide bonds. The van der Waals surface area contributed by atoms with Crippen LogP contribution in [-0.4, -0.2) is 17.6 Å². The van der Waals surface area contributed by atoms with E-state index in [1.165, 1.54) is 12.1 Å². The monoisotopic (exact) mass is 522 g/mol. The molecule has 5 rings (SSSR count). The minimum absolute atomic E-state index is 0.0525. The van der Waals surface area contributed by atoms with E-state index in [1.54, 1.807) is 12.1 Å². The fraction of sp³-hybridized carbons (Fsp3) is 0.207. The number of fused-ring (bicyclic) bond motifs is 1. The maximum Gasteiger partial charge on any atom is 0.416 e. The first-order valence-corrected chi connectivity index (χ1v) is 12.0. The first-order valence-electron chi connectivity index (χ1n) is 12.0. The zero-order valence-corrected chi connectivity index (χ0v) is 20.3. The highest BCUT2D eigenvalue weighted by Gasteiger charge is 2.30. The van der Waals surface area contributed by atoms with Crippen molar-refractivity contribution in [1.29, 1.82) is 0 Å². The molecule has 0 saturated heterocycles. The van der Waals surface area contributed by atoms with E-state index in [4.69, 9.17) is 13.9 Å². The van der Waals surface area contributed by atoms with Gasteiger partial charge in [-0.15, -0.1) is 0 Å². The molecule has 0 atom stereocenters. The van der Waals surface area contributed by atoms with Gasteiger partial charge >= 0.3 is 6.18 Å². The van der Waals surface area contributed by atoms with Gasteiger partial charge in [-0.3, -0.25) is 9.69 Å². The highest BCUT2D eigenvalue weighted by atomic mass is 19.4. The van der Waals surface area contributed by atoms with Gasteiger partial charge in [0.05, 0.1) is 12.1 Å². The lowest BCUT2D eigenvalue weighted by atomic mass is 10.1. The van der Waals surface area contributed by atoms with Crippen molar-refractivity contribution in [2.24, 2.45) is 0 Å². The van der Waals surface area contributed by atoms with Crippen molar-refractivity contribution in [2.45, 2.75) is 32.4 Å². The average molecular weight is 523 g/mol. The first-order chi connectivity index (χ1) is 18.3. The Morgan fingerprint density at radius 3 is 2.37 bits per heavy atom. The third-order valence-corrected chi connectivity index (χ3v) is 6.06. The molecule has 0 saturated carbocycles. The summed E-state index contributed by atoms with van der Waals surface area (Å²) in [5.41, 5.74) is 1.75. The second-order valence-corrected chi connectivity index (χ2v) is 8.97. The molecule has 1 aliphatic heterocycles. The van der Waals surface area contributed by atoms with Crippen LogP contribution >= 0.6 is 0 Å². The molecule has 9 heteroatoms. The minimum Gasteiger partial charge on any atom is -0.455 e. The van der Waals surface area contributed by atoms with E-state index in [0.29, 0.717) is 36.7 Å². The SMILES string of the molecule is O=C(NCc1cccc(C(F)(F)F)c1)c1ccc(CN(Cc2ccccc2)Cc2ccc3c(c2)OCO3)o1. The third kappa shape index (κ3) is 6.36. The first kappa shape index (κ1) is 25.4. The predicted molar refractivity (Wildman–Crippen MR) is 133 cm³/mol. The van der Waals surface area contributed by atoms with Crippen LogP contribution in [0.5, 0.6) is 11.5 Å². The summed E-state index contributed by atoms with van der Waals surface area (Å²) in [6.45, 7) is 1.83. The summed E-state index contributed by atoms with van der Waals surface area (Å²) in [4.78, 5) is 14.8. The number of amides is 1. The Morgan fingerprint density at radius 1 is 0.789 bits per heavy atom. The Morgan fingerprint density at radius 2 is 1.55 bits per heavy atom. The molecule has 1 N–H and O–H groups in total. The van der Waals surface area contributed by atoms with Crippen molar-refractivity contribution in [1.82, 2.24) is 10.2 Å². The van der Waals surface area contributed by atoms with E-state index < -0.39 is 17.6 Å². The molecule has 1 aromatic heterocycles. The van der Waals surface area contributed by atoms with Gasteiger partial charge < -0.3 is 19.2 Å². The zero-order chi connectivity index (χ0) is 26.5. The number of carbonyl (C=O) groups is 1. The summed E-state index contributed by atoms with van der Waals surface area (Å²) in [5, 5.41) is 2.62. The molecule has 6 nitrogen and oxygen atoms in total. The smallest absolute Gasteiger partial charge is 0.416 e. The maximum absolute atomic E-state index is 13.0. The number of furan rings is 1. The van der Waals surface area contributed by atoms with Gasteiger partial charge in [0.15, 0.2) is 17.3 Å². The molecule has 38 heavy (non-hydrogen) atoms. The van der Waals surface area contributed by atoms with E-state index in [0.717, 1.165) is 29.0 Å². The number of ether oxygens (including phenoxy) is 2. The van der Waals surface area contributed by atoms with Crippen LogP contribution in [0.1, 0.15) is 38.6 Å². The summed E-state index contributed by atoms with van der Waals surface area (Å²) < 4.78 is 55.6. The lowest BCUT2D eigenvalue weighted by Gasteiger charge is -2.22. The van der Waals surface area contributed by atoms with Crippen LogP contribution in [0.3, 0.4) is 0 Å². The molecule has 0 fully saturated rings. The van der Waals surface area contributed by atoms with E-state index >= 15 is 0 Å². The van der Waals surface area contributed by atoms with Gasteiger partial charge in [-0.2, -0.15) is 13.2 Å². The summed E-state index contributed by atoms with van der Waals surface area (Å²) in [6.07, 6.45) is -4.44. The Balaban J connectivity index is 1.25. The molecule has 1 aliphatic rings. The molecule has 0 unspecified atom stereocenters. The Hall–Kier alpha value is -4.24. The van der Waals surface area contributed by atoms with Crippen LogP contribution in [0, 0.1) is 0 Å². The quantitative estimate of drug-likeness (QED) is 0.285. The zero-order valence-electron chi connectivity index (χ0n) is 20.3. The van der Waals surface area contributed by atoms with E-state index in [-0.39, 0.29) is 19.1 Å². The molecule has 0 bridgehead atoms. The van der Waals surface area contributed by atoms with Crippen molar-refractivity contribution in [3.8, 4) is 11.5 Å². The molecule has 0 aliphatic carbocycles. The lowest BCUT2D eigenvalue weighted by molar-refractivity contribution is -0.137. The summed E-state index contributed by atoms with van der Waals surface area (Å²) in [6, 6.07) is 24.0. The summed E-state index contributed by atoms with van der Waals surface area (Å²) in [5.74, 6) is 1.61.